The van der Waals surface area contributed by atoms with Crippen molar-refractivity contribution >= 4 is 35.0 Å². The molecule has 0 aliphatic carbocycles. The summed E-state index contributed by atoms with van der Waals surface area (Å²) in [5, 5.41) is 0. The molecule has 1 spiro atoms. The Bertz CT molecular complexity index is 1210. The summed E-state index contributed by atoms with van der Waals surface area (Å²) in [7, 11) is 0. The SMILES string of the molecule is Cc1cc(C)cc(N2C(=O)CSC23C(=O)N(Cc2cccc(F)c2)c2ccccc23)c1. The van der Waals surface area contributed by atoms with Crippen molar-refractivity contribution in [1.82, 2.24) is 0 Å². The number of anilines is 2. The molecule has 3 aromatic rings. The van der Waals surface area contributed by atoms with E-state index in [-0.39, 0.29) is 29.9 Å². The van der Waals surface area contributed by atoms with Gasteiger partial charge in [-0.25, -0.2) is 4.39 Å². The first-order valence-electron chi connectivity index (χ1n) is 10.1. The third-order valence-electron chi connectivity index (χ3n) is 5.76. The van der Waals surface area contributed by atoms with Crippen LogP contribution >= 0.6 is 11.8 Å². The second kappa shape index (κ2) is 7.24. The van der Waals surface area contributed by atoms with Crippen LogP contribution in [0, 0.1) is 19.7 Å². The molecule has 2 heterocycles. The van der Waals surface area contributed by atoms with Crippen molar-refractivity contribution in [3.05, 3.63) is 94.8 Å². The first-order valence-corrected chi connectivity index (χ1v) is 11.1. The molecule has 1 saturated heterocycles. The van der Waals surface area contributed by atoms with Crippen LogP contribution in [0.1, 0.15) is 22.3 Å². The van der Waals surface area contributed by atoms with Crippen LogP contribution in [-0.2, 0) is 21.0 Å². The lowest BCUT2D eigenvalue weighted by Crippen LogP contribution is -2.49. The largest absolute Gasteiger partial charge is 0.304 e. The molecule has 0 aromatic heterocycles. The van der Waals surface area contributed by atoms with E-state index in [1.165, 1.54) is 23.9 Å². The number of rotatable bonds is 3. The molecule has 1 fully saturated rings. The number of nitrogens with zero attached hydrogens (tertiary/aromatic N) is 2. The fourth-order valence-corrected chi connectivity index (χ4v) is 5.97. The number of hydrogen-bond donors (Lipinski definition) is 0. The molecule has 0 N–H and O–H groups in total. The lowest BCUT2D eigenvalue weighted by molar-refractivity contribution is -0.123. The van der Waals surface area contributed by atoms with E-state index in [1.54, 1.807) is 21.9 Å². The number of thioether (sulfide) groups is 1. The zero-order valence-electron chi connectivity index (χ0n) is 17.3. The molecule has 31 heavy (non-hydrogen) atoms. The standard InChI is InChI=1S/C25H21FN2O2S/c1-16-10-17(2)12-20(11-16)28-23(29)15-31-25(28)21-8-3-4-9-22(21)27(24(25)30)14-18-6-5-7-19(26)13-18/h3-13H,14-15H2,1-2H3. The van der Waals surface area contributed by atoms with Crippen LogP contribution < -0.4 is 9.80 Å². The van der Waals surface area contributed by atoms with Gasteiger partial charge in [0, 0.05) is 11.3 Å². The summed E-state index contributed by atoms with van der Waals surface area (Å²) >= 11 is 1.35. The summed E-state index contributed by atoms with van der Waals surface area (Å²) in [5.74, 6) is -0.380. The van der Waals surface area contributed by atoms with Gasteiger partial charge < -0.3 is 4.90 Å². The van der Waals surface area contributed by atoms with Crippen LogP contribution in [0.15, 0.2) is 66.7 Å². The van der Waals surface area contributed by atoms with Crippen molar-refractivity contribution in [2.24, 2.45) is 0 Å². The second-order valence-electron chi connectivity index (χ2n) is 8.05. The van der Waals surface area contributed by atoms with E-state index >= 15 is 0 Å². The van der Waals surface area contributed by atoms with Gasteiger partial charge in [-0.05, 0) is 60.9 Å². The Labute approximate surface area is 184 Å². The van der Waals surface area contributed by atoms with Gasteiger partial charge in [-0.3, -0.25) is 14.5 Å². The van der Waals surface area contributed by atoms with Gasteiger partial charge >= 0.3 is 0 Å². The second-order valence-corrected chi connectivity index (χ2v) is 9.21. The van der Waals surface area contributed by atoms with E-state index < -0.39 is 4.87 Å². The molecule has 4 nitrogen and oxygen atoms in total. The van der Waals surface area contributed by atoms with Crippen molar-refractivity contribution in [1.29, 1.82) is 0 Å². The predicted molar refractivity (Wildman–Crippen MR) is 122 cm³/mol. The molecule has 1 unspecified atom stereocenters. The first-order chi connectivity index (χ1) is 14.9. The van der Waals surface area contributed by atoms with Gasteiger partial charge in [0.15, 0.2) is 0 Å². The molecule has 0 saturated carbocycles. The first kappa shape index (κ1) is 19.8. The van der Waals surface area contributed by atoms with Crippen molar-refractivity contribution < 1.29 is 14.0 Å². The Morgan fingerprint density at radius 3 is 2.45 bits per heavy atom. The molecular weight excluding hydrogens is 411 g/mol. The fraction of sp³-hybridized carbons (Fsp3) is 0.200. The van der Waals surface area contributed by atoms with Gasteiger partial charge in [0.1, 0.15) is 5.82 Å². The number of benzene rings is 3. The Morgan fingerprint density at radius 2 is 1.71 bits per heavy atom. The van der Waals surface area contributed by atoms with Crippen molar-refractivity contribution in [2.45, 2.75) is 25.3 Å². The highest BCUT2D eigenvalue weighted by Crippen LogP contribution is 2.56. The highest BCUT2D eigenvalue weighted by Gasteiger charge is 2.60. The molecule has 0 radical (unpaired) electrons. The molecule has 6 heteroatoms. The predicted octanol–water partition coefficient (Wildman–Crippen LogP) is 4.92. The molecule has 3 aromatic carbocycles. The van der Waals surface area contributed by atoms with Gasteiger partial charge in [0.05, 0.1) is 18.0 Å². The van der Waals surface area contributed by atoms with Crippen molar-refractivity contribution in [3.8, 4) is 0 Å². The summed E-state index contributed by atoms with van der Waals surface area (Å²) in [5.41, 5.74) is 5.05. The number of aryl methyl sites for hydroxylation is 2. The van der Waals surface area contributed by atoms with E-state index in [9.17, 15) is 14.0 Å². The number of para-hydroxylation sites is 1. The van der Waals surface area contributed by atoms with Gasteiger partial charge in [-0.2, -0.15) is 0 Å². The van der Waals surface area contributed by atoms with E-state index in [1.807, 2.05) is 56.3 Å². The maximum absolute atomic E-state index is 14.0. The molecule has 1 atom stereocenters. The maximum atomic E-state index is 14.0. The minimum Gasteiger partial charge on any atom is -0.304 e. The lowest BCUT2D eigenvalue weighted by atomic mass is 10.0. The molecular formula is C25H21FN2O2S. The molecule has 2 aliphatic heterocycles. The third-order valence-corrected chi connectivity index (χ3v) is 7.14. The van der Waals surface area contributed by atoms with Crippen molar-refractivity contribution in [2.75, 3.05) is 15.6 Å². The zero-order chi connectivity index (χ0) is 21.8. The summed E-state index contributed by atoms with van der Waals surface area (Å²) in [4.78, 5) is 29.3. The number of hydrogen-bond acceptors (Lipinski definition) is 3. The summed E-state index contributed by atoms with van der Waals surface area (Å²) in [6.45, 7) is 4.21. The lowest BCUT2D eigenvalue weighted by Gasteiger charge is -2.33. The van der Waals surface area contributed by atoms with Crippen LogP contribution in [0.2, 0.25) is 0 Å². The monoisotopic (exact) mass is 432 g/mol. The van der Waals surface area contributed by atoms with E-state index in [4.69, 9.17) is 0 Å². The number of fused-ring (bicyclic) bond motifs is 2. The summed E-state index contributed by atoms with van der Waals surface area (Å²) < 4.78 is 13.8. The smallest absolute Gasteiger partial charge is 0.269 e. The Morgan fingerprint density at radius 1 is 0.968 bits per heavy atom. The molecule has 2 aliphatic rings. The number of carbonyl (C=O) groups excluding carboxylic acids is 2. The zero-order valence-corrected chi connectivity index (χ0v) is 18.1. The van der Waals surface area contributed by atoms with Gasteiger partial charge in [0.25, 0.3) is 5.91 Å². The van der Waals surface area contributed by atoms with Crippen LogP contribution in [0.3, 0.4) is 0 Å². The number of halogens is 1. The number of carbonyl (C=O) groups is 2. The maximum Gasteiger partial charge on any atom is 0.269 e. The fourth-order valence-electron chi connectivity index (χ4n) is 4.61. The Kier molecular flexibility index (Phi) is 4.63. The highest BCUT2D eigenvalue weighted by molar-refractivity contribution is 8.02. The number of amides is 2. The van der Waals surface area contributed by atoms with E-state index in [0.29, 0.717) is 5.56 Å². The van der Waals surface area contributed by atoms with Crippen LogP contribution in [-0.4, -0.2) is 17.6 Å². The quantitative estimate of drug-likeness (QED) is 0.590. The van der Waals surface area contributed by atoms with Gasteiger partial charge in [-0.15, -0.1) is 11.8 Å². The van der Waals surface area contributed by atoms with E-state index in [0.717, 1.165) is 28.1 Å². The molecule has 0 bridgehead atoms. The molecule has 156 valence electrons. The van der Waals surface area contributed by atoms with Crippen LogP contribution in [0.25, 0.3) is 0 Å². The van der Waals surface area contributed by atoms with Gasteiger partial charge in [0.2, 0.25) is 10.8 Å². The Hall–Kier alpha value is -3.12. The average Bonchev–Trinajstić information content (AvgIpc) is 3.19. The Balaban J connectivity index is 1.66. The summed E-state index contributed by atoms with van der Waals surface area (Å²) in [6.07, 6.45) is 0. The topological polar surface area (TPSA) is 40.6 Å². The van der Waals surface area contributed by atoms with Gasteiger partial charge in [-0.1, -0.05) is 36.4 Å². The third kappa shape index (κ3) is 3.05. The highest BCUT2D eigenvalue weighted by atomic mass is 32.2. The van der Waals surface area contributed by atoms with Crippen LogP contribution in [0.5, 0.6) is 0 Å². The molecule has 5 rings (SSSR count). The minimum absolute atomic E-state index is 0.0919. The minimum atomic E-state index is -1.15. The summed E-state index contributed by atoms with van der Waals surface area (Å²) in [6, 6.07) is 19.8. The normalized spacial score (nSPS) is 20.1. The van der Waals surface area contributed by atoms with E-state index in [2.05, 4.69) is 0 Å². The molecule has 2 amide bonds. The van der Waals surface area contributed by atoms with Crippen molar-refractivity contribution in [3.63, 3.8) is 0 Å². The van der Waals surface area contributed by atoms with Crippen LogP contribution in [0.4, 0.5) is 15.8 Å². The average molecular weight is 433 g/mol.